The molecular formula is C19H12Cl4O5S. The predicted molar refractivity (Wildman–Crippen MR) is 114 cm³/mol. The molecule has 1 atom stereocenters. The molecule has 3 rings (SSSR count). The molecule has 0 heterocycles. The molecule has 0 aliphatic rings. The molecule has 152 valence electrons. The lowest BCUT2D eigenvalue weighted by molar-refractivity contribution is 0.444. The van der Waals surface area contributed by atoms with Gasteiger partial charge >= 0.3 is 0 Å². The first-order chi connectivity index (χ1) is 13.5. The van der Waals surface area contributed by atoms with Crippen LogP contribution in [0.4, 0.5) is 0 Å². The lowest BCUT2D eigenvalue weighted by Crippen LogP contribution is -2.38. The van der Waals surface area contributed by atoms with Gasteiger partial charge in [0.05, 0.1) is 5.02 Å². The highest BCUT2D eigenvalue weighted by molar-refractivity contribution is 7.87. The monoisotopic (exact) mass is 492 g/mol. The summed E-state index contributed by atoms with van der Waals surface area (Å²) in [6.07, 6.45) is 0. The molecular weight excluding hydrogens is 482 g/mol. The molecule has 3 aromatic rings. The first-order valence-corrected chi connectivity index (χ1v) is 10.8. The van der Waals surface area contributed by atoms with Crippen molar-refractivity contribution in [3.8, 4) is 11.5 Å². The SMILES string of the molecule is O=S(=O)(O)C(c1ccc(Cl)cc1)(c1cc(Cl)cc(Cl)c1)c1cc(O)cc(O)c1Cl. The van der Waals surface area contributed by atoms with E-state index < -0.39 is 31.4 Å². The number of phenolic OH excluding ortho intramolecular Hbond substituents is 2. The van der Waals surface area contributed by atoms with Crippen LogP contribution in [-0.2, 0) is 14.9 Å². The van der Waals surface area contributed by atoms with Gasteiger partial charge in [0, 0.05) is 26.7 Å². The highest BCUT2D eigenvalue weighted by Crippen LogP contribution is 2.50. The summed E-state index contributed by atoms with van der Waals surface area (Å²) in [7, 11) is -5.06. The molecule has 0 saturated carbocycles. The van der Waals surface area contributed by atoms with E-state index in [1.807, 2.05) is 0 Å². The fourth-order valence-electron chi connectivity index (χ4n) is 3.21. The fourth-order valence-corrected chi connectivity index (χ4v) is 5.45. The summed E-state index contributed by atoms with van der Waals surface area (Å²) in [4.78, 5) is 0. The van der Waals surface area contributed by atoms with Crippen LogP contribution < -0.4 is 0 Å². The van der Waals surface area contributed by atoms with Crippen molar-refractivity contribution in [1.29, 1.82) is 0 Å². The Morgan fingerprint density at radius 2 is 1.28 bits per heavy atom. The quantitative estimate of drug-likeness (QED) is 0.311. The Kier molecular flexibility index (Phi) is 5.98. The van der Waals surface area contributed by atoms with Crippen molar-refractivity contribution in [3.63, 3.8) is 0 Å². The van der Waals surface area contributed by atoms with Gasteiger partial charge in [-0.2, -0.15) is 8.42 Å². The molecule has 10 heteroatoms. The number of aromatic hydroxyl groups is 2. The van der Waals surface area contributed by atoms with Crippen molar-refractivity contribution in [3.05, 3.63) is 91.4 Å². The average molecular weight is 494 g/mol. The summed E-state index contributed by atoms with van der Waals surface area (Å²) in [6, 6.07) is 11.5. The van der Waals surface area contributed by atoms with Crippen LogP contribution in [-0.4, -0.2) is 23.2 Å². The predicted octanol–water partition coefficient (Wildman–Crippen LogP) is 5.89. The summed E-state index contributed by atoms with van der Waals surface area (Å²) < 4.78 is 34.0. The summed E-state index contributed by atoms with van der Waals surface area (Å²) in [5.74, 6) is -1.06. The molecule has 0 aromatic heterocycles. The zero-order valence-electron chi connectivity index (χ0n) is 14.3. The molecule has 0 aliphatic heterocycles. The molecule has 0 radical (unpaired) electrons. The Morgan fingerprint density at radius 1 is 0.724 bits per heavy atom. The maximum atomic E-state index is 13.0. The van der Waals surface area contributed by atoms with Gasteiger partial charge in [-0.25, -0.2) is 0 Å². The minimum absolute atomic E-state index is 0.0228. The topological polar surface area (TPSA) is 94.8 Å². The molecule has 3 N–H and O–H groups in total. The third-order valence-corrected chi connectivity index (χ3v) is 6.88. The van der Waals surface area contributed by atoms with Gasteiger partial charge in [0.1, 0.15) is 11.5 Å². The largest absolute Gasteiger partial charge is 0.508 e. The van der Waals surface area contributed by atoms with E-state index in [9.17, 15) is 23.2 Å². The summed E-state index contributed by atoms with van der Waals surface area (Å²) in [5, 5.41) is 20.2. The van der Waals surface area contributed by atoms with Crippen LogP contribution in [0.1, 0.15) is 16.7 Å². The van der Waals surface area contributed by atoms with Crippen LogP contribution in [0, 0.1) is 0 Å². The summed E-state index contributed by atoms with van der Waals surface area (Å²) >= 11 is 24.4. The van der Waals surface area contributed by atoms with Crippen molar-refractivity contribution < 1.29 is 23.2 Å². The van der Waals surface area contributed by atoms with Crippen molar-refractivity contribution in [2.24, 2.45) is 0 Å². The van der Waals surface area contributed by atoms with E-state index in [2.05, 4.69) is 0 Å². The molecule has 0 spiro atoms. The molecule has 0 fully saturated rings. The second-order valence-corrected chi connectivity index (χ2v) is 9.40. The van der Waals surface area contributed by atoms with Crippen molar-refractivity contribution in [2.45, 2.75) is 4.75 Å². The summed E-state index contributed by atoms with van der Waals surface area (Å²) in [6.45, 7) is 0. The molecule has 5 nitrogen and oxygen atoms in total. The van der Waals surface area contributed by atoms with Gasteiger partial charge in [-0.3, -0.25) is 4.55 Å². The van der Waals surface area contributed by atoms with Gasteiger partial charge in [0.15, 0.2) is 4.75 Å². The normalized spacial score (nSPS) is 13.8. The van der Waals surface area contributed by atoms with Crippen LogP contribution in [0.3, 0.4) is 0 Å². The van der Waals surface area contributed by atoms with Crippen molar-refractivity contribution in [2.75, 3.05) is 0 Å². The van der Waals surface area contributed by atoms with E-state index >= 15 is 0 Å². The first kappa shape index (κ1) is 22.0. The van der Waals surface area contributed by atoms with E-state index in [1.54, 1.807) is 0 Å². The minimum atomic E-state index is -5.06. The maximum absolute atomic E-state index is 13.0. The third kappa shape index (κ3) is 3.89. The van der Waals surface area contributed by atoms with Crippen LogP contribution in [0.15, 0.2) is 54.6 Å². The van der Waals surface area contributed by atoms with E-state index in [0.717, 1.165) is 12.1 Å². The number of hydrogen-bond donors (Lipinski definition) is 3. The molecule has 0 aliphatic carbocycles. The van der Waals surface area contributed by atoms with E-state index in [1.165, 1.54) is 42.5 Å². The van der Waals surface area contributed by atoms with Gasteiger partial charge in [-0.1, -0.05) is 58.5 Å². The Labute approximate surface area is 186 Å². The maximum Gasteiger partial charge on any atom is 0.283 e. The van der Waals surface area contributed by atoms with Crippen LogP contribution in [0.5, 0.6) is 11.5 Å². The molecule has 1 unspecified atom stereocenters. The molecule has 3 aromatic carbocycles. The summed E-state index contributed by atoms with van der Waals surface area (Å²) in [5.41, 5.74) is -0.346. The standard InChI is InChI=1S/C19H12Cl4O5S/c20-12-3-1-10(2-4-12)19(29(26,27)28,11-5-13(21)7-14(22)6-11)16-8-15(24)9-17(25)18(16)23/h1-9,24-25H,(H,26,27,28). The number of halogens is 4. The molecule has 0 bridgehead atoms. The smallest absolute Gasteiger partial charge is 0.283 e. The molecule has 0 amide bonds. The minimum Gasteiger partial charge on any atom is -0.508 e. The van der Waals surface area contributed by atoms with Gasteiger partial charge in [0.2, 0.25) is 0 Å². The second kappa shape index (κ2) is 7.87. The number of benzene rings is 3. The van der Waals surface area contributed by atoms with Crippen LogP contribution >= 0.6 is 46.4 Å². The zero-order valence-corrected chi connectivity index (χ0v) is 18.1. The third-order valence-electron chi connectivity index (χ3n) is 4.32. The highest BCUT2D eigenvalue weighted by Gasteiger charge is 2.50. The van der Waals surface area contributed by atoms with Crippen LogP contribution in [0.25, 0.3) is 0 Å². The van der Waals surface area contributed by atoms with Crippen molar-refractivity contribution >= 4 is 56.5 Å². The molecule has 29 heavy (non-hydrogen) atoms. The van der Waals surface area contributed by atoms with Gasteiger partial charge < -0.3 is 10.2 Å². The Bertz CT molecular complexity index is 1180. The lowest BCUT2D eigenvalue weighted by atomic mass is 9.83. The lowest BCUT2D eigenvalue weighted by Gasteiger charge is -2.33. The van der Waals surface area contributed by atoms with E-state index in [4.69, 9.17) is 46.4 Å². The van der Waals surface area contributed by atoms with Crippen molar-refractivity contribution in [1.82, 2.24) is 0 Å². The Hall–Kier alpha value is -1.67. The zero-order chi connectivity index (χ0) is 21.6. The second-order valence-electron chi connectivity index (χ2n) is 6.15. The van der Waals surface area contributed by atoms with Gasteiger partial charge in [0.25, 0.3) is 10.1 Å². The average Bonchev–Trinajstić information content (AvgIpc) is 2.59. The highest BCUT2D eigenvalue weighted by atomic mass is 35.5. The van der Waals surface area contributed by atoms with Gasteiger partial charge in [-0.05, 0) is 47.5 Å². The Morgan fingerprint density at radius 3 is 1.79 bits per heavy atom. The van der Waals surface area contributed by atoms with E-state index in [0.29, 0.717) is 5.02 Å². The number of hydrogen-bond acceptors (Lipinski definition) is 4. The number of rotatable bonds is 4. The van der Waals surface area contributed by atoms with E-state index in [-0.39, 0.29) is 26.7 Å². The number of phenols is 2. The Balaban J connectivity index is 2.60. The fraction of sp³-hybridized carbons (Fsp3) is 0.0526. The molecule has 0 saturated heterocycles. The first-order valence-electron chi connectivity index (χ1n) is 7.88. The van der Waals surface area contributed by atoms with Crippen LogP contribution in [0.2, 0.25) is 20.1 Å². The van der Waals surface area contributed by atoms with Gasteiger partial charge in [-0.15, -0.1) is 0 Å².